The smallest absolute Gasteiger partial charge is 0.339 e. The van der Waals surface area contributed by atoms with Crippen LogP contribution in [0.4, 0.5) is 5.69 Å². The van der Waals surface area contributed by atoms with Gasteiger partial charge in [0.05, 0.1) is 24.8 Å². The summed E-state index contributed by atoms with van der Waals surface area (Å²) in [5.41, 5.74) is 0.842. The molecule has 7 heteroatoms. The van der Waals surface area contributed by atoms with E-state index in [-0.39, 0.29) is 23.7 Å². The lowest BCUT2D eigenvalue weighted by atomic mass is 10.1. The zero-order valence-electron chi connectivity index (χ0n) is 11.4. The van der Waals surface area contributed by atoms with Crippen LogP contribution in [0, 0.1) is 0 Å². The molecule has 0 spiro atoms. The summed E-state index contributed by atoms with van der Waals surface area (Å²) >= 11 is 7.06. The quantitative estimate of drug-likeness (QED) is 0.505. The Balaban J connectivity index is 3.09. The van der Waals surface area contributed by atoms with Crippen LogP contribution in [0.25, 0.3) is 0 Å². The first-order valence-corrected chi connectivity index (χ1v) is 7.61. The molecule has 0 radical (unpaired) electrons. The third-order valence-electron chi connectivity index (χ3n) is 2.54. The number of hydrogen-bond acceptors (Lipinski definition) is 5. The molecule has 112 valence electrons. The number of carbonyl (C=O) groups is 1. The first kappa shape index (κ1) is 16.9. The second-order valence-corrected chi connectivity index (χ2v) is 5.59. The summed E-state index contributed by atoms with van der Waals surface area (Å²) in [6, 6.07) is 3.20. The van der Waals surface area contributed by atoms with Crippen LogP contribution >= 0.6 is 23.4 Å². The zero-order valence-corrected chi connectivity index (χ0v) is 12.9. The van der Waals surface area contributed by atoms with Crippen LogP contribution in [0.15, 0.2) is 17.0 Å². The fourth-order valence-corrected chi connectivity index (χ4v) is 2.50. The molecule has 1 aromatic rings. The van der Waals surface area contributed by atoms with E-state index >= 15 is 0 Å². The summed E-state index contributed by atoms with van der Waals surface area (Å²) in [6.45, 7) is 2.27. The Bertz CT molecular complexity index is 470. The highest BCUT2D eigenvalue weighted by molar-refractivity contribution is 7.99. The van der Waals surface area contributed by atoms with Crippen molar-refractivity contribution >= 4 is 35.0 Å². The van der Waals surface area contributed by atoms with Crippen molar-refractivity contribution < 1.29 is 19.7 Å². The molecule has 1 aromatic carbocycles. The van der Waals surface area contributed by atoms with E-state index in [1.54, 1.807) is 12.1 Å². The minimum atomic E-state index is -1.04. The van der Waals surface area contributed by atoms with E-state index in [0.717, 1.165) is 16.3 Å². The molecule has 0 saturated heterocycles. The molecule has 0 heterocycles. The molecule has 20 heavy (non-hydrogen) atoms. The normalized spacial score (nSPS) is 12.0. The van der Waals surface area contributed by atoms with Crippen molar-refractivity contribution in [3.8, 4) is 5.75 Å². The van der Waals surface area contributed by atoms with Gasteiger partial charge in [0.25, 0.3) is 0 Å². The van der Waals surface area contributed by atoms with Crippen molar-refractivity contribution in [1.82, 2.24) is 0 Å². The number of aliphatic hydroxyl groups is 1. The highest BCUT2D eigenvalue weighted by Gasteiger charge is 2.16. The number of rotatable bonds is 8. The molecule has 0 aliphatic rings. The summed E-state index contributed by atoms with van der Waals surface area (Å²) in [7, 11) is 1.42. The lowest BCUT2D eigenvalue weighted by molar-refractivity contribution is 0.0693. The van der Waals surface area contributed by atoms with E-state index in [0.29, 0.717) is 0 Å². The molecular weight excluding hydrogens is 302 g/mol. The van der Waals surface area contributed by atoms with Gasteiger partial charge in [-0.15, -0.1) is 23.4 Å². The van der Waals surface area contributed by atoms with Crippen molar-refractivity contribution in [3.63, 3.8) is 0 Å². The maximum absolute atomic E-state index is 11.2. The van der Waals surface area contributed by atoms with Crippen LogP contribution in [0.3, 0.4) is 0 Å². The zero-order chi connectivity index (χ0) is 15.1. The van der Waals surface area contributed by atoms with Gasteiger partial charge >= 0.3 is 5.97 Å². The van der Waals surface area contributed by atoms with Crippen LogP contribution in [0.5, 0.6) is 5.75 Å². The average molecular weight is 320 g/mol. The molecule has 0 aromatic heterocycles. The number of halogens is 1. The lowest BCUT2D eigenvalue weighted by Gasteiger charge is -2.16. The van der Waals surface area contributed by atoms with E-state index in [2.05, 4.69) is 5.32 Å². The van der Waals surface area contributed by atoms with E-state index < -0.39 is 12.1 Å². The van der Waals surface area contributed by atoms with Crippen LogP contribution in [-0.4, -0.2) is 47.6 Å². The summed E-state index contributed by atoms with van der Waals surface area (Å²) in [5, 5.41) is 21.7. The van der Waals surface area contributed by atoms with Gasteiger partial charge in [-0.05, 0) is 11.8 Å². The summed E-state index contributed by atoms with van der Waals surface area (Å²) < 4.78 is 5.09. The van der Waals surface area contributed by atoms with Crippen molar-refractivity contribution in [3.05, 3.63) is 17.7 Å². The fraction of sp³-hybridized carbons (Fsp3) is 0.462. The maximum Gasteiger partial charge on any atom is 0.339 e. The minimum absolute atomic E-state index is 0.117. The van der Waals surface area contributed by atoms with E-state index in [9.17, 15) is 9.90 Å². The Labute approximate surface area is 127 Å². The van der Waals surface area contributed by atoms with E-state index in [4.69, 9.17) is 21.4 Å². The second kappa shape index (κ2) is 8.24. The van der Waals surface area contributed by atoms with Crippen molar-refractivity contribution in [2.24, 2.45) is 0 Å². The molecule has 1 unspecified atom stereocenters. The second-order valence-electron chi connectivity index (χ2n) is 3.98. The number of anilines is 1. The number of carboxylic acid groups (broad SMARTS) is 1. The fourth-order valence-electron chi connectivity index (χ4n) is 1.59. The van der Waals surface area contributed by atoms with Crippen LogP contribution < -0.4 is 10.1 Å². The monoisotopic (exact) mass is 319 g/mol. The number of aromatic carboxylic acids is 1. The maximum atomic E-state index is 11.2. The molecular formula is C13H18ClNO4S. The number of hydrogen-bond donors (Lipinski definition) is 3. The molecule has 0 saturated carbocycles. The lowest BCUT2D eigenvalue weighted by Crippen LogP contribution is -2.21. The standard InChI is InChI=1S/C13H18ClNO4S/c1-3-20-12-4-9(13(17)18)11(19-2)5-10(12)15-7-8(16)6-14/h4-5,8,15-16H,3,6-7H2,1-2H3,(H,17,18). The van der Waals surface area contributed by atoms with E-state index in [1.807, 2.05) is 6.92 Å². The highest BCUT2D eigenvalue weighted by Crippen LogP contribution is 2.34. The minimum Gasteiger partial charge on any atom is -0.496 e. The predicted octanol–water partition coefficient (Wildman–Crippen LogP) is 2.52. The number of ether oxygens (including phenoxy) is 1. The largest absolute Gasteiger partial charge is 0.496 e. The van der Waals surface area contributed by atoms with Gasteiger partial charge in [0, 0.05) is 17.5 Å². The third kappa shape index (κ3) is 4.47. The molecule has 1 rings (SSSR count). The van der Waals surface area contributed by atoms with Crippen molar-refractivity contribution in [1.29, 1.82) is 0 Å². The van der Waals surface area contributed by atoms with Gasteiger partial charge in [0.1, 0.15) is 11.3 Å². The summed E-state index contributed by atoms with van der Waals surface area (Å²) in [6.07, 6.45) is -0.665. The van der Waals surface area contributed by atoms with Gasteiger partial charge in [0.15, 0.2) is 0 Å². The molecule has 0 bridgehead atoms. The van der Waals surface area contributed by atoms with Crippen LogP contribution in [0.1, 0.15) is 17.3 Å². The number of nitrogens with one attached hydrogen (secondary N) is 1. The van der Waals surface area contributed by atoms with Gasteiger partial charge < -0.3 is 20.3 Å². The first-order valence-electron chi connectivity index (χ1n) is 6.09. The molecule has 5 nitrogen and oxygen atoms in total. The van der Waals surface area contributed by atoms with Gasteiger partial charge in [-0.25, -0.2) is 4.79 Å². The third-order valence-corrected chi connectivity index (χ3v) is 3.83. The number of methoxy groups -OCH3 is 1. The molecule has 3 N–H and O–H groups in total. The van der Waals surface area contributed by atoms with E-state index in [1.165, 1.54) is 18.9 Å². The first-order chi connectivity index (χ1) is 9.53. The number of thioether (sulfide) groups is 1. The Kier molecular flexibility index (Phi) is 6.98. The van der Waals surface area contributed by atoms with Gasteiger partial charge in [-0.1, -0.05) is 6.92 Å². The Hall–Kier alpha value is -1.11. The van der Waals surface area contributed by atoms with Crippen molar-refractivity contribution in [2.45, 2.75) is 17.9 Å². The van der Waals surface area contributed by atoms with Gasteiger partial charge in [-0.2, -0.15) is 0 Å². The summed E-state index contributed by atoms with van der Waals surface area (Å²) in [4.78, 5) is 12.0. The van der Waals surface area contributed by atoms with Gasteiger partial charge in [-0.3, -0.25) is 0 Å². The number of carboxylic acids is 1. The van der Waals surface area contributed by atoms with Crippen LogP contribution in [0.2, 0.25) is 0 Å². The van der Waals surface area contributed by atoms with Crippen molar-refractivity contribution in [2.75, 3.05) is 30.6 Å². The Morgan fingerprint density at radius 1 is 1.55 bits per heavy atom. The summed E-state index contributed by atoms with van der Waals surface area (Å²) in [5.74, 6) is 0.180. The molecule has 0 amide bonds. The Morgan fingerprint density at radius 2 is 2.25 bits per heavy atom. The van der Waals surface area contributed by atoms with Crippen LogP contribution in [-0.2, 0) is 0 Å². The Morgan fingerprint density at radius 3 is 2.75 bits per heavy atom. The molecule has 0 aliphatic heterocycles. The SMILES string of the molecule is CCSc1cc(C(=O)O)c(OC)cc1NCC(O)CCl. The molecule has 0 fully saturated rings. The van der Waals surface area contributed by atoms with Gasteiger partial charge in [0.2, 0.25) is 0 Å². The topological polar surface area (TPSA) is 78.8 Å². The average Bonchev–Trinajstić information content (AvgIpc) is 2.45. The number of benzene rings is 1. The predicted molar refractivity (Wildman–Crippen MR) is 81.6 cm³/mol. The number of alkyl halides is 1. The highest BCUT2D eigenvalue weighted by atomic mass is 35.5. The molecule has 1 atom stereocenters. The molecule has 0 aliphatic carbocycles. The number of aliphatic hydroxyl groups excluding tert-OH is 1.